The minimum absolute atomic E-state index is 0. The largest absolute Gasteiger partial charge is 0.372 e. The van der Waals surface area contributed by atoms with Gasteiger partial charge in [-0.2, -0.15) is 0 Å². The van der Waals surface area contributed by atoms with Gasteiger partial charge in [-0.25, -0.2) is 15.0 Å². The van der Waals surface area contributed by atoms with Crippen molar-refractivity contribution < 1.29 is 14.4 Å². The molecule has 13 heteroatoms. The Morgan fingerprint density at radius 1 is 0.468 bits per heavy atom. The number of carbonyl (C=O) groups is 3. The van der Waals surface area contributed by atoms with Crippen molar-refractivity contribution in [3.8, 4) is 11.8 Å². The molecule has 79 heavy (non-hydrogen) atoms. The van der Waals surface area contributed by atoms with E-state index in [4.69, 9.17) is 0 Å². The maximum Gasteiger partial charge on any atom is 0.259 e. The van der Waals surface area contributed by atoms with Crippen LogP contribution >= 0.6 is 0 Å². The highest BCUT2D eigenvalue weighted by atomic mass is 16.2. The fourth-order valence-electron chi connectivity index (χ4n) is 9.39. The molecule has 1 aliphatic heterocycles. The number of nitrogens with one attached hydrogen (secondary N) is 3. The van der Waals surface area contributed by atoms with Crippen molar-refractivity contribution in [2.45, 2.75) is 96.4 Å². The van der Waals surface area contributed by atoms with Gasteiger partial charge in [0.25, 0.3) is 17.7 Å². The van der Waals surface area contributed by atoms with Gasteiger partial charge in [0.05, 0.1) is 16.7 Å². The number of hydrogen-bond acceptors (Lipinski definition) is 7. The Morgan fingerprint density at radius 2 is 0.823 bits per heavy atom. The monoisotopic (exact) mass is 1050 g/mol. The van der Waals surface area contributed by atoms with Crippen LogP contribution in [0.5, 0.6) is 0 Å². The fourth-order valence-corrected chi connectivity index (χ4v) is 9.39. The molecule has 0 spiro atoms. The zero-order valence-electron chi connectivity index (χ0n) is 44.1. The molecular formula is C66H74N10O3. The molecule has 13 nitrogen and oxygen atoms in total. The normalized spacial score (nSPS) is 11.4. The molecule has 3 N–H and O–H groups in total. The minimum atomic E-state index is -0.178. The van der Waals surface area contributed by atoms with Crippen molar-refractivity contribution in [1.82, 2.24) is 28.2 Å². The van der Waals surface area contributed by atoms with Crippen LogP contribution in [0.25, 0.3) is 16.9 Å². The summed E-state index contributed by atoms with van der Waals surface area (Å²) in [5, 5.41) is 8.87. The topological polar surface area (TPSA) is 142 Å². The zero-order chi connectivity index (χ0) is 53.3. The molecule has 0 aliphatic carbocycles. The van der Waals surface area contributed by atoms with Crippen molar-refractivity contribution in [1.29, 1.82) is 0 Å². The van der Waals surface area contributed by atoms with Gasteiger partial charge in [-0.3, -0.25) is 14.4 Å². The van der Waals surface area contributed by atoms with E-state index in [9.17, 15) is 14.4 Å². The third kappa shape index (κ3) is 14.2. The van der Waals surface area contributed by atoms with E-state index in [-0.39, 0.29) is 40.0 Å². The molecule has 7 heterocycles. The highest BCUT2D eigenvalue weighted by molar-refractivity contribution is 6.10. The maximum atomic E-state index is 12.7. The average Bonchev–Trinajstić information content (AvgIpc) is 4.40. The molecule has 0 radical (unpaired) electrons. The van der Waals surface area contributed by atoms with E-state index in [1.807, 2.05) is 183 Å². The predicted molar refractivity (Wildman–Crippen MR) is 325 cm³/mol. The van der Waals surface area contributed by atoms with Crippen LogP contribution in [0.4, 0.5) is 22.7 Å². The molecule has 0 unspecified atom stereocenters. The molecule has 406 valence electrons. The lowest BCUT2D eigenvalue weighted by molar-refractivity contribution is 0.102. The molecule has 0 bridgehead atoms. The van der Waals surface area contributed by atoms with Crippen LogP contribution in [-0.2, 0) is 6.42 Å². The third-order valence-electron chi connectivity index (χ3n) is 13.2. The Morgan fingerprint density at radius 3 is 1.20 bits per heavy atom. The molecule has 10 aromatic rings. The van der Waals surface area contributed by atoms with Crippen molar-refractivity contribution >= 4 is 57.4 Å². The first kappa shape index (κ1) is 59.0. The average molecular weight is 1060 g/mol. The minimum Gasteiger partial charge on any atom is -0.372 e. The Balaban J connectivity index is 0.000000189. The molecule has 1 fully saturated rings. The molecule has 6 aromatic heterocycles. The van der Waals surface area contributed by atoms with Crippen LogP contribution in [-0.4, -0.2) is 59.0 Å². The molecule has 11 rings (SSSR count). The lowest BCUT2D eigenvalue weighted by Gasteiger charge is -2.17. The van der Waals surface area contributed by atoms with Gasteiger partial charge in [0.15, 0.2) is 0 Å². The summed E-state index contributed by atoms with van der Waals surface area (Å²) in [5.74, 6) is 5.82. The molecule has 1 saturated heterocycles. The summed E-state index contributed by atoms with van der Waals surface area (Å²) in [6, 6.07) is 44.9. The van der Waals surface area contributed by atoms with Crippen molar-refractivity contribution in [2.75, 3.05) is 33.9 Å². The first-order valence-electron chi connectivity index (χ1n) is 25.7. The predicted octanol–water partition coefficient (Wildman–Crippen LogP) is 14.5. The summed E-state index contributed by atoms with van der Waals surface area (Å²) >= 11 is 0. The molecule has 0 atom stereocenters. The summed E-state index contributed by atoms with van der Waals surface area (Å²) in [6.07, 6.45) is 10.3. The number of fused-ring (bicyclic) bond motifs is 3. The second-order valence-corrected chi connectivity index (χ2v) is 19.1. The number of hydrogen-bond donors (Lipinski definition) is 3. The van der Waals surface area contributed by atoms with Crippen molar-refractivity contribution in [3.63, 3.8) is 0 Å². The first-order chi connectivity index (χ1) is 36.8. The quantitative estimate of drug-likeness (QED) is 0.122. The second-order valence-electron chi connectivity index (χ2n) is 19.1. The van der Waals surface area contributed by atoms with Crippen LogP contribution in [0.15, 0.2) is 158 Å². The van der Waals surface area contributed by atoms with Gasteiger partial charge < -0.3 is 34.1 Å². The van der Waals surface area contributed by atoms with Gasteiger partial charge >= 0.3 is 0 Å². The SMILES string of the molecule is C.C.C.CCCc1ccc(NC(=O)c2ccn3c(C)cc(C)nc23)cc1.Cc1cc(C)n2ccc(C(=O)Nc3ccc(C#Cc4ccccc4)cc3)c2n1.Cc1cc(C)n2ccc(C(=O)Nc3ccc(N4CCCC4)cc3)c2n1. The number of benzene rings is 4. The summed E-state index contributed by atoms with van der Waals surface area (Å²) < 4.78 is 5.80. The Labute approximate surface area is 465 Å². The van der Waals surface area contributed by atoms with Gasteiger partial charge in [0, 0.05) is 99.7 Å². The van der Waals surface area contributed by atoms with Crippen LogP contribution in [0.3, 0.4) is 0 Å². The van der Waals surface area contributed by atoms with Crippen LogP contribution in [0, 0.1) is 53.4 Å². The van der Waals surface area contributed by atoms with Crippen molar-refractivity contribution in [3.05, 3.63) is 226 Å². The number of aromatic nitrogens is 6. The van der Waals surface area contributed by atoms with Crippen LogP contribution in [0.1, 0.15) is 130 Å². The summed E-state index contributed by atoms with van der Waals surface area (Å²) in [5.41, 5.74) is 16.4. The highest BCUT2D eigenvalue weighted by Crippen LogP contribution is 2.24. The second kappa shape index (κ2) is 26.7. The maximum absolute atomic E-state index is 12.7. The van der Waals surface area contributed by atoms with E-state index in [2.05, 4.69) is 78.8 Å². The Bertz CT molecular complexity index is 3760. The van der Waals surface area contributed by atoms with E-state index in [0.717, 1.165) is 88.3 Å². The molecule has 0 saturated carbocycles. The van der Waals surface area contributed by atoms with E-state index >= 15 is 0 Å². The lowest BCUT2D eigenvalue weighted by atomic mass is 10.1. The summed E-state index contributed by atoms with van der Waals surface area (Å²) in [6.45, 7) is 16.2. The molecule has 3 amide bonds. The molecule has 1 aliphatic rings. The van der Waals surface area contributed by atoms with Crippen LogP contribution in [0.2, 0.25) is 0 Å². The Kier molecular flexibility index (Phi) is 19.9. The third-order valence-corrected chi connectivity index (χ3v) is 13.2. The number of carbonyl (C=O) groups excluding carboxylic acids is 3. The van der Waals surface area contributed by atoms with Gasteiger partial charge in [0.2, 0.25) is 0 Å². The van der Waals surface area contributed by atoms with Crippen molar-refractivity contribution in [2.24, 2.45) is 0 Å². The van der Waals surface area contributed by atoms with E-state index in [0.29, 0.717) is 33.6 Å². The first-order valence-corrected chi connectivity index (χ1v) is 25.7. The van der Waals surface area contributed by atoms with Crippen LogP contribution < -0.4 is 20.9 Å². The number of aryl methyl sites for hydroxylation is 7. The summed E-state index contributed by atoms with van der Waals surface area (Å²) in [4.78, 5) is 53.9. The standard InChI is InChI=1S/C24H19N3O.C20H22N4O.C19H21N3O.3CH4/c1-17-16-18(2)27-15-14-22(23(27)25-17)24(28)26-21-12-10-20(11-13-21)9-8-19-6-4-3-5-7-19;1-14-13-15(2)24-12-9-18(19(24)21-14)20(25)22-16-5-7-17(8-6-16)23-10-3-4-11-23;1-4-5-15-6-8-16(9-7-15)21-19(23)17-10-11-22-14(3)12-13(2)20-18(17)22;;;/h3-7,10-16H,1-2H3,(H,26,28);5-9,12-13H,3-4,10-11H2,1-2H3,(H,22,25);6-12H,4-5H2,1-3H3,(H,21,23);3*1H4. The summed E-state index contributed by atoms with van der Waals surface area (Å²) in [7, 11) is 0. The van der Waals surface area contributed by atoms with Gasteiger partial charge in [0.1, 0.15) is 16.9 Å². The van der Waals surface area contributed by atoms with E-state index < -0.39 is 0 Å². The van der Waals surface area contributed by atoms with Gasteiger partial charge in [-0.1, -0.05) is 77.8 Å². The Hall–Kier alpha value is -9.28. The van der Waals surface area contributed by atoms with E-state index in [1.54, 1.807) is 6.07 Å². The molecule has 4 aromatic carbocycles. The lowest BCUT2D eigenvalue weighted by Crippen LogP contribution is -2.17. The number of rotatable bonds is 9. The smallest absolute Gasteiger partial charge is 0.259 e. The number of anilines is 4. The fraction of sp³-hybridized carbons (Fsp3) is 0.242. The number of nitrogens with zero attached hydrogens (tertiary/aromatic N) is 7. The van der Waals surface area contributed by atoms with E-state index in [1.165, 1.54) is 24.1 Å². The highest BCUT2D eigenvalue weighted by Gasteiger charge is 2.18. The van der Waals surface area contributed by atoms with Gasteiger partial charge in [-0.15, -0.1) is 0 Å². The van der Waals surface area contributed by atoms with Gasteiger partial charge in [-0.05, 0) is 176 Å². The zero-order valence-corrected chi connectivity index (χ0v) is 44.1. The number of amides is 3. The molecular weight excluding hydrogens is 981 g/mol.